The minimum Gasteiger partial charge on any atom is -0.310 e. The summed E-state index contributed by atoms with van der Waals surface area (Å²) >= 11 is 0. The Labute approximate surface area is 128 Å². The second-order valence-corrected chi connectivity index (χ2v) is 5.53. The lowest BCUT2D eigenvalue weighted by Gasteiger charge is -2.16. The summed E-state index contributed by atoms with van der Waals surface area (Å²) < 4.78 is 0. The average molecular weight is 282 g/mol. The van der Waals surface area contributed by atoms with E-state index < -0.39 is 0 Å². The largest absolute Gasteiger partial charge is 0.310 e. The van der Waals surface area contributed by atoms with E-state index in [2.05, 4.69) is 85.1 Å². The van der Waals surface area contributed by atoms with Crippen LogP contribution in [0.3, 0.4) is 0 Å². The van der Waals surface area contributed by atoms with Gasteiger partial charge in [-0.05, 0) is 44.5 Å². The molecule has 0 heterocycles. The van der Waals surface area contributed by atoms with Gasteiger partial charge < -0.3 is 10.6 Å². The predicted molar refractivity (Wildman–Crippen MR) is 90.3 cm³/mol. The summed E-state index contributed by atoms with van der Waals surface area (Å²) in [4.78, 5) is 0. The first-order valence-electron chi connectivity index (χ1n) is 7.84. The molecule has 2 rings (SSSR count). The molecule has 112 valence electrons. The quantitative estimate of drug-likeness (QED) is 0.713. The fraction of sp³-hybridized carbons (Fsp3) is 0.368. The highest BCUT2D eigenvalue weighted by Crippen LogP contribution is 2.12. The van der Waals surface area contributed by atoms with Gasteiger partial charge in [0, 0.05) is 12.1 Å². The van der Waals surface area contributed by atoms with E-state index in [0.717, 1.165) is 19.5 Å². The molecular formula is C19H26N2. The van der Waals surface area contributed by atoms with Crippen molar-refractivity contribution in [2.24, 2.45) is 0 Å². The summed E-state index contributed by atoms with van der Waals surface area (Å²) in [5, 5.41) is 7.14. The molecule has 2 nitrogen and oxygen atoms in total. The Morgan fingerprint density at radius 1 is 0.667 bits per heavy atom. The van der Waals surface area contributed by atoms with Crippen LogP contribution >= 0.6 is 0 Å². The SMILES string of the molecule is CC(NCCCNC(C)c1ccccc1)c1ccccc1. The van der Waals surface area contributed by atoms with Crippen molar-refractivity contribution in [1.29, 1.82) is 0 Å². The van der Waals surface area contributed by atoms with E-state index >= 15 is 0 Å². The second kappa shape index (κ2) is 8.60. The molecule has 0 radical (unpaired) electrons. The van der Waals surface area contributed by atoms with Gasteiger partial charge in [0.2, 0.25) is 0 Å². The molecule has 2 unspecified atom stereocenters. The summed E-state index contributed by atoms with van der Waals surface area (Å²) in [6, 6.07) is 22.0. The van der Waals surface area contributed by atoms with Gasteiger partial charge in [-0.1, -0.05) is 60.7 Å². The first kappa shape index (κ1) is 15.7. The molecule has 0 spiro atoms. The number of nitrogens with one attached hydrogen (secondary N) is 2. The Hall–Kier alpha value is -1.64. The van der Waals surface area contributed by atoms with Crippen LogP contribution in [0.2, 0.25) is 0 Å². The maximum atomic E-state index is 3.57. The highest BCUT2D eigenvalue weighted by molar-refractivity contribution is 5.18. The minimum absolute atomic E-state index is 0.415. The van der Waals surface area contributed by atoms with E-state index in [4.69, 9.17) is 0 Å². The van der Waals surface area contributed by atoms with Gasteiger partial charge in [-0.2, -0.15) is 0 Å². The zero-order valence-corrected chi connectivity index (χ0v) is 13.0. The fourth-order valence-electron chi connectivity index (χ4n) is 2.44. The van der Waals surface area contributed by atoms with E-state index in [1.54, 1.807) is 0 Å². The number of hydrogen-bond acceptors (Lipinski definition) is 2. The Kier molecular flexibility index (Phi) is 6.45. The molecule has 2 aromatic carbocycles. The lowest BCUT2D eigenvalue weighted by atomic mass is 10.1. The molecule has 0 fully saturated rings. The van der Waals surface area contributed by atoms with Crippen LogP contribution in [0.15, 0.2) is 60.7 Å². The molecule has 2 heteroatoms. The molecule has 0 saturated heterocycles. The van der Waals surface area contributed by atoms with Crippen molar-refractivity contribution in [3.05, 3.63) is 71.8 Å². The molecule has 2 aromatic rings. The van der Waals surface area contributed by atoms with Gasteiger partial charge in [0.1, 0.15) is 0 Å². The van der Waals surface area contributed by atoms with E-state index in [0.29, 0.717) is 12.1 Å². The van der Waals surface area contributed by atoms with Crippen molar-refractivity contribution in [3.63, 3.8) is 0 Å². The van der Waals surface area contributed by atoms with Crippen LogP contribution in [0.1, 0.15) is 43.5 Å². The van der Waals surface area contributed by atoms with Crippen molar-refractivity contribution in [3.8, 4) is 0 Å². The molecule has 2 atom stereocenters. The monoisotopic (exact) mass is 282 g/mol. The van der Waals surface area contributed by atoms with Crippen molar-refractivity contribution in [2.75, 3.05) is 13.1 Å². The van der Waals surface area contributed by atoms with Crippen LogP contribution in [0.5, 0.6) is 0 Å². The lowest BCUT2D eigenvalue weighted by molar-refractivity contribution is 0.511. The molecular weight excluding hydrogens is 256 g/mol. The predicted octanol–water partition coefficient (Wildman–Crippen LogP) is 4.08. The maximum absolute atomic E-state index is 3.57. The molecule has 0 bridgehead atoms. The van der Waals surface area contributed by atoms with Gasteiger partial charge in [0.25, 0.3) is 0 Å². The van der Waals surface area contributed by atoms with Crippen molar-refractivity contribution < 1.29 is 0 Å². The Balaban J connectivity index is 1.62. The van der Waals surface area contributed by atoms with Gasteiger partial charge in [-0.15, -0.1) is 0 Å². The van der Waals surface area contributed by atoms with Crippen molar-refractivity contribution in [2.45, 2.75) is 32.4 Å². The molecule has 0 amide bonds. The summed E-state index contributed by atoms with van der Waals surface area (Å²) in [5.41, 5.74) is 2.70. The van der Waals surface area contributed by atoms with Crippen LogP contribution < -0.4 is 10.6 Å². The molecule has 2 N–H and O–H groups in total. The third-order valence-corrected chi connectivity index (χ3v) is 3.85. The van der Waals surface area contributed by atoms with Crippen molar-refractivity contribution in [1.82, 2.24) is 10.6 Å². The van der Waals surface area contributed by atoms with Gasteiger partial charge in [-0.25, -0.2) is 0 Å². The minimum atomic E-state index is 0.415. The van der Waals surface area contributed by atoms with Crippen LogP contribution in [-0.2, 0) is 0 Å². The third-order valence-electron chi connectivity index (χ3n) is 3.85. The summed E-state index contributed by atoms with van der Waals surface area (Å²) in [7, 11) is 0. The second-order valence-electron chi connectivity index (χ2n) is 5.53. The Bertz CT molecular complexity index is 448. The first-order chi connectivity index (χ1) is 10.3. The maximum Gasteiger partial charge on any atom is 0.0291 e. The van der Waals surface area contributed by atoms with Crippen LogP contribution in [-0.4, -0.2) is 13.1 Å². The van der Waals surface area contributed by atoms with Gasteiger partial charge in [-0.3, -0.25) is 0 Å². The van der Waals surface area contributed by atoms with Gasteiger partial charge >= 0.3 is 0 Å². The molecule has 0 aromatic heterocycles. The first-order valence-corrected chi connectivity index (χ1v) is 7.84. The average Bonchev–Trinajstić information content (AvgIpc) is 2.55. The molecule has 0 saturated carbocycles. The van der Waals surface area contributed by atoms with Crippen LogP contribution in [0.25, 0.3) is 0 Å². The normalized spacial score (nSPS) is 13.8. The third kappa shape index (κ3) is 5.33. The standard InChI is InChI=1S/C19H26N2/c1-16(18-10-5-3-6-11-18)20-14-9-15-21-17(2)19-12-7-4-8-13-19/h3-8,10-13,16-17,20-21H,9,14-15H2,1-2H3. The van der Waals surface area contributed by atoms with Gasteiger partial charge in [0.05, 0.1) is 0 Å². The van der Waals surface area contributed by atoms with E-state index in [9.17, 15) is 0 Å². The summed E-state index contributed by atoms with van der Waals surface area (Å²) in [5.74, 6) is 0. The Morgan fingerprint density at radius 3 is 1.43 bits per heavy atom. The van der Waals surface area contributed by atoms with Gasteiger partial charge in [0.15, 0.2) is 0 Å². The van der Waals surface area contributed by atoms with Crippen molar-refractivity contribution >= 4 is 0 Å². The summed E-state index contributed by atoms with van der Waals surface area (Å²) in [6.07, 6.45) is 1.13. The molecule has 0 aliphatic rings. The van der Waals surface area contributed by atoms with E-state index in [-0.39, 0.29) is 0 Å². The topological polar surface area (TPSA) is 24.1 Å². The highest BCUT2D eigenvalue weighted by Gasteiger charge is 2.04. The molecule has 0 aliphatic carbocycles. The van der Waals surface area contributed by atoms with Crippen LogP contribution in [0, 0.1) is 0 Å². The zero-order chi connectivity index (χ0) is 14.9. The number of rotatable bonds is 8. The summed E-state index contributed by atoms with van der Waals surface area (Å²) in [6.45, 7) is 6.50. The molecule has 0 aliphatic heterocycles. The highest BCUT2D eigenvalue weighted by atomic mass is 14.9. The number of benzene rings is 2. The fourth-order valence-corrected chi connectivity index (χ4v) is 2.44. The molecule has 21 heavy (non-hydrogen) atoms. The zero-order valence-electron chi connectivity index (χ0n) is 13.0. The lowest BCUT2D eigenvalue weighted by Crippen LogP contribution is -2.25. The van der Waals surface area contributed by atoms with E-state index in [1.807, 2.05) is 0 Å². The van der Waals surface area contributed by atoms with E-state index in [1.165, 1.54) is 11.1 Å². The Morgan fingerprint density at radius 2 is 1.05 bits per heavy atom. The number of hydrogen-bond donors (Lipinski definition) is 2. The smallest absolute Gasteiger partial charge is 0.0291 e. The van der Waals surface area contributed by atoms with Crippen LogP contribution in [0.4, 0.5) is 0 Å².